The smallest absolute Gasteiger partial charge is 0.335 e. The third-order valence-electron chi connectivity index (χ3n) is 1.42. The Balaban J connectivity index is 0. The van der Waals surface area contributed by atoms with Crippen molar-refractivity contribution in [2.24, 2.45) is 0 Å². The Hall–Kier alpha value is -0.332. The Labute approximate surface area is 93.2 Å². The van der Waals surface area contributed by atoms with Crippen LogP contribution in [0.5, 0.6) is 0 Å². The van der Waals surface area contributed by atoms with Gasteiger partial charge in [-0.15, -0.1) is 0 Å². The predicted molar refractivity (Wildman–Crippen MR) is 37.7 cm³/mol. The molecule has 0 rings (SSSR count). The average molecular weight is 389 g/mol. The fraction of sp³-hybridized carbons (Fsp3) is 0.667. The topological polar surface area (TPSA) is 135 Å². The van der Waals surface area contributed by atoms with Crippen LogP contribution in [0.25, 0.3) is 0 Å². The molecule has 0 heterocycles. The van der Waals surface area contributed by atoms with Gasteiger partial charge in [0.1, 0.15) is 18.3 Å². The number of aliphatic carboxylic acids is 1. The molecular formula is C6H10O7Pt. The van der Waals surface area contributed by atoms with Gasteiger partial charge in [0.25, 0.3) is 0 Å². The molecule has 0 spiro atoms. The maximum atomic E-state index is 10.1. The molecule has 0 aromatic rings. The van der Waals surface area contributed by atoms with Gasteiger partial charge in [0.15, 0.2) is 12.4 Å². The SMILES string of the molecule is O=CC(O)C(O)C(O)C(O)C(=O)O.[Pt]. The molecule has 4 unspecified atom stereocenters. The van der Waals surface area contributed by atoms with Crippen molar-refractivity contribution < 1.29 is 56.2 Å². The van der Waals surface area contributed by atoms with E-state index in [2.05, 4.69) is 0 Å². The monoisotopic (exact) mass is 389 g/mol. The molecule has 8 heteroatoms. The third kappa shape index (κ3) is 4.25. The van der Waals surface area contributed by atoms with Gasteiger partial charge in [-0.25, -0.2) is 4.79 Å². The summed E-state index contributed by atoms with van der Waals surface area (Å²) in [6, 6.07) is 0. The van der Waals surface area contributed by atoms with Crippen LogP contribution >= 0.6 is 0 Å². The fourth-order valence-electron chi connectivity index (χ4n) is 0.615. The van der Waals surface area contributed by atoms with E-state index in [1.165, 1.54) is 0 Å². The number of aldehydes is 1. The van der Waals surface area contributed by atoms with Crippen molar-refractivity contribution in [2.45, 2.75) is 24.4 Å². The molecule has 0 radical (unpaired) electrons. The van der Waals surface area contributed by atoms with Crippen molar-refractivity contribution in [3.8, 4) is 0 Å². The van der Waals surface area contributed by atoms with Crippen molar-refractivity contribution in [1.82, 2.24) is 0 Å². The zero-order valence-corrected chi connectivity index (χ0v) is 9.03. The molecular weight excluding hydrogens is 379 g/mol. The minimum absolute atomic E-state index is 0. The second-order valence-electron chi connectivity index (χ2n) is 2.39. The first-order chi connectivity index (χ1) is 5.91. The Morgan fingerprint density at radius 3 is 1.79 bits per heavy atom. The summed E-state index contributed by atoms with van der Waals surface area (Å²) < 4.78 is 0. The molecule has 0 amide bonds. The number of hydrogen-bond donors (Lipinski definition) is 5. The maximum Gasteiger partial charge on any atom is 0.335 e. The van der Waals surface area contributed by atoms with Crippen molar-refractivity contribution in [2.75, 3.05) is 0 Å². The van der Waals surface area contributed by atoms with Crippen molar-refractivity contribution >= 4 is 12.3 Å². The molecule has 0 saturated carbocycles. The fourth-order valence-corrected chi connectivity index (χ4v) is 0.615. The Morgan fingerprint density at radius 2 is 1.50 bits per heavy atom. The summed E-state index contributed by atoms with van der Waals surface area (Å²) in [7, 11) is 0. The summed E-state index contributed by atoms with van der Waals surface area (Å²) in [4.78, 5) is 20.0. The summed E-state index contributed by atoms with van der Waals surface area (Å²) in [5, 5.41) is 43.2. The van der Waals surface area contributed by atoms with Crippen LogP contribution in [0.15, 0.2) is 0 Å². The number of hydrogen-bond acceptors (Lipinski definition) is 6. The number of carbonyl (C=O) groups excluding carboxylic acids is 1. The van der Waals surface area contributed by atoms with Crippen LogP contribution in [0.4, 0.5) is 0 Å². The van der Waals surface area contributed by atoms with Gasteiger partial charge in [-0.3, -0.25) is 0 Å². The van der Waals surface area contributed by atoms with Gasteiger partial charge in [0.2, 0.25) is 0 Å². The van der Waals surface area contributed by atoms with E-state index in [0.29, 0.717) is 0 Å². The largest absolute Gasteiger partial charge is 0.479 e. The number of carboxylic acid groups (broad SMARTS) is 1. The van der Waals surface area contributed by atoms with Gasteiger partial charge in [-0.1, -0.05) is 0 Å². The predicted octanol–water partition coefficient (Wildman–Crippen LogP) is -3.29. The summed E-state index contributed by atoms with van der Waals surface area (Å²) in [6.07, 6.45) is -8.39. The zero-order chi connectivity index (χ0) is 10.6. The number of rotatable bonds is 5. The second kappa shape index (κ2) is 7.03. The normalized spacial score (nSPS) is 18.6. The van der Waals surface area contributed by atoms with Crippen LogP contribution in [-0.2, 0) is 30.7 Å². The molecule has 86 valence electrons. The van der Waals surface area contributed by atoms with Crippen LogP contribution in [0.2, 0.25) is 0 Å². The van der Waals surface area contributed by atoms with Crippen LogP contribution in [0, 0.1) is 0 Å². The third-order valence-corrected chi connectivity index (χ3v) is 1.42. The standard InChI is InChI=1S/C6H10O7.Pt/c7-1-2(8)3(9)4(10)5(11)6(12)13;/h1-5,8-11H,(H,12,13);. The van der Waals surface area contributed by atoms with E-state index < -0.39 is 30.4 Å². The molecule has 0 bridgehead atoms. The minimum atomic E-state index is -2.25. The van der Waals surface area contributed by atoms with Crippen LogP contribution in [0.1, 0.15) is 0 Å². The molecule has 0 aliphatic heterocycles. The molecule has 7 nitrogen and oxygen atoms in total. The molecule has 0 aliphatic rings. The summed E-state index contributed by atoms with van der Waals surface area (Å²) >= 11 is 0. The zero-order valence-electron chi connectivity index (χ0n) is 6.76. The molecule has 0 aromatic heterocycles. The number of carbonyl (C=O) groups is 2. The average Bonchev–Trinajstić information content (AvgIpc) is 2.12. The van der Waals surface area contributed by atoms with Crippen LogP contribution in [0.3, 0.4) is 0 Å². The molecule has 0 aliphatic carbocycles. The van der Waals surface area contributed by atoms with E-state index in [1.54, 1.807) is 0 Å². The molecule has 0 saturated heterocycles. The first-order valence-electron chi connectivity index (χ1n) is 3.32. The molecule has 14 heavy (non-hydrogen) atoms. The first-order valence-corrected chi connectivity index (χ1v) is 3.32. The van der Waals surface area contributed by atoms with Gasteiger partial charge in [-0.2, -0.15) is 0 Å². The van der Waals surface area contributed by atoms with E-state index in [9.17, 15) is 9.59 Å². The van der Waals surface area contributed by atoms with Gasteiger partial charge >= 0.3 is 5.97 Å². The summed E-state index contributed by atoms with van der Waals surface area (Å²) in [5.74, 6) is -1.76. The van der Waals surface area contributed by atoms with Gasteiger partial charge in [0.05, 0.1) is 0 Å². The first kappa shape index (κ1) is 16.1. The van der Waals surface area contributed by atoms with E-state index in [0.717, 1.165) is 0 Å². The van der Waals surface area contributed by atoms with Gasteiger partial charge < -0.3 is 30.3 Å². The van der Waals surface area contributed by atoms with E-state index in [1.807, 2.05) is 0 Å². The van der Waals surface area contributed by atoms with Gasteiger partial charge in [-0.05, 0) is 0 Å². The van der Waals surface area contributed by atoms with E-state index >= 15 is 0 Å². The molecule has 5 N–H and O–H groups in total. The molecule has 0 aromatic carbocycles. The Bertz CT molecular complexity index is 197. The van der Waals surface area contributed by atoms with E-state index in [-0.39, 0.29) is 27.4 Å². The quantitative estimate of drug-likeness (QED) is 0.311. The van der Waals surface area contributed by atoms with Crippen molar-refractivity contribution in [1.29, 1.82) is 0 Å². The Morgan fingerprint density at radius 1 is 1.07 bits per heavy atom. The van der Waals surface area contributed by atoms with Crippen molar-refractivity contribution in [3.63, 3.8) is 0 Å². The number of aliphatic hydroxyl groups excluding tert-OH is 4. The van der Waals surface area contributed by atoms with E-state index in [4.69, 9.17) is 25.5 Å². The molecule has 0 fully saturated rings. The number of carboxylic acids is 1. The minimum Gasteiger partial charge on any atom is -0.479 e. The molecule has 4 atom stereocenters. The Kier molecular flexibility index (Phi) is 8.09. The van der Waals surface area contributed by atoms with Gasteiger partial charge in [0, 0.05) is 21.1 Å². The second-order valence-corrected chi connectivity index (χ2v) is 2.39. The summed E-state index contributed by atoms with van der Waals surface area (Å²) in [6.45, 7) is 0. The van der Waals surface area contributed by atoms with Crippen LogP contribution in [-0.4, -0.2) is 62.2 Å². The maximum absolute atomic E-state index is 10.1. The number of aliphatic hydroxyl groups is 4. The van der Waals surface area contributed by atoms with Crippen molar-refractivity contribution in [3.05, 3.63) is 0 Å². The summed E-state index contributed by atoms with van der Waals surface area (Å²) in [5.41, 5.74) is 0. The van der Waals surface area contributed by atoms with Crippen LogP contribution < -0.4 is 0 Å².